The van der Waals surface area contributed by atoms with Gasteiger partial charge in [-0.05, 0) is 41.7 Å². The summed E-state index contributed by atoms with van der Waals surface area (Å²) in [5.74, 6) is 2.53. The van der Waals surface area contributed by atoms with Crippen LogP contribution in [0.15, 0.2) is 36.4 Å². The number of rotatable bonds is 4. The highest BCUT2D eigenvalue weighted by atomic mass is 35.5. The molecular weight excluding hydrogens is 385 g/mol. The van der Waals surface area contributed by atoms with Gasteiger partial charge in [-0.25, -0.2) is 0 Å². The zero-order chi connectivity index (χ0) is 19.1. The van der Waals surface area contributed by atoms with E-state index in [4.69, 9.17) is 37.4 Å². The smallest absolute Gasteiger partial charge is 0.203 e. The molecule has 1 aliphatic heterocycles. The van der Waals surface area contributed by atoms with Crippen LogP contribution in [0.3, 0.4) is 0 Å². The average molecular weight is 406 g/mol. The van der Waals surface area contributed by atoms with Crippen molar-refractivity contribution in [2.75, 3.05) is 26.6 Å². The molecule has 3 atom stereocenters. The van der Waals surface area contributed by atoms with Crippen LogP contribution in [0.4, 0.5) is 5.69 Å². The monoisotopic (exact) mass is 405 g/mol. The van der Waals surface area contributed by atoms with Crippen LogP contribution in [0.25, 0.3) is 0 Å². The second-order valence-electron chi connectivity index (χ2n) is 6.76. The topological polar surface area (TPSA) is 39.7 Å². The molecule has 1 N–H and O–H groups in total. The maximum Gasteiger partial charge on any atom is 0.203 e. The normalized spacial score (nSPS) is 22.6. The Labute approximate surface area is 169 Å². The van der Waals surface area contributed by atoms with Crippen LogP contribution in [0, 0.1) is 5.92 Å². The van der Waals surface area contributed by atoms with Gasteiger partial charge in [-0.1, -0.05) is 41.4 Å². The molecule has 27 heavy (non-hydrogen) atoms. The summed E-state index contributed by atoms with van der Waals surface area (Å²) in [7, 11) is 4.86. The number of benzene rings is 2. The number of fused-ring (bicyclic) bond motifs is 3. The summed E-state index contributed by atoms with van der Waals surface area (Å²) < 4.78 is 16.5. The second kappa shape index (κ2) is 7.17. The lowest BCUT2D eigenvalue weighted by Crippen LogP contribution is -2.29. The predicted molar refractivity (Wildman–Crippen MR) is 109 cm³/mol. The van der Waals surface area contributed by atoms with E-state index in [1.54, 1.807) is 21.3 Å². The summed E-state index contributed by atoms with van der Waals surface area (Å²) in [6.45, 7) is 0. The molecule has 2 aromatic rings. The van der Waals surface area contributed by atoms with E-state index in [0.717, 1.165) is 17.7 Å². The molecule has 0 saturated heterocycles. The fourth-order valence-electron chi connectivity index (χ4n) is 4.21. The molecule has 142 valence electrons. The first-order valence-electron chi connectivity index (χ1n) is 8.80. The third-order valence-electron chi connectivity index (χ3n) is 5.47. The summed E-state index contributed by atoms with van der Waals surface area (Å²) in [6, 6.07) is 7.97. The van der Waals surface area contributed by atoms with Gasteiger partial charge in [0.25, 0.3) is 0 Å². The van der Waals surface area contributed by atoms with Crippen LogP contribution < -0.4 is 19.5 Å². The molecule has 1 heterocycles. The Morgan fingerprint density at radius 3 is 2.33 bits per heavy atom. The molecule has 4 nitrogen and oxygen atoms in total. The summed E-state index contributed by atoms with van der Waals surface area (Å²) in [4.78, 5) is 0. The van der Waals surface area contributed by atoms with Crippen LogP contribution in [-0.4, -0.2) is 21.3 Å². The lowest BCUT2D eigenvalue weighted by Gasteiger charge is -2.38. The minimum atomic E-state index is 0.0437. The van der Waals surface area contributed by atoms with Crippen molar-refractivity contribution in [1.29, 1.82) is 0 Å². The number of methoxy groups -OCH3 is 3. The number of ether oxygens (including phenoxy) is 3. The van der Waals surface area contributed by atoms with Gasteiger partial charge < -0.3 is 19.5 Å². The lowest BCUT2D eigenvalue weighted by atomic mass is 9.77. The molecule has 2 aliphatic rings. The quantitative estimate of drug-likeness (QED) is 0.647. The van der Waals surface area contributed by atoms with Crippen molar-refractivity contribution in [1.82, 2.24) is 0 Å². The number of nitrogens with one attached hydrogen (secondary N) is 1. The van der Waals surface area contributed by atoms with Crippen molar-refractivity contribution < 1.29 is 14.2 Å². The van der Waals surface area contributed by atoms with Crippen LogP contribution in [0.5, 0.6) is 17.2 Å². The molecule has 2 aromatic carbocycles. The fraction of sp³-hybridized carbons (Fsp3) is 0.333. The molecule has 0 spiro atoms. The van der Waals surface area contributed by atoms with E-state index < -0.39 is 0 Å². The molecule has 0 fully saturated rings. The Morgan fingerprint density at radius 2 is 1.70 bits per heavy atom. The third kappa shape index (κ3) is 2.91. The zero-order valence-electron chi connectivity index (χ0n) is 15.4. The van der Waals surface area contributed by atoms with Gasteiger partial charge in [0.05, 0.1) is 43.1 Å². The van der Waals surface area contributed by atoms with Crippen LogP contribution >= 0.6 is 23.2 Å². The summed E-state index contributed by atoms with van der Waals surface area (Å²) >= 11 is 12.8. The van der Waals surface area contributed by atoms with E-state index >= 15 is 0 Å². The minimum absolute atomic E-state index is 0.0437. The zero-order valence-corrected chi connectivity index (χ0v) is 16.9. The fourth-order valence-corrected chi connectivity index (χ4v) is 4.60. The molecule has 0 unspecified atom stereocenters. The first-order valence-corrected chi connectivity index (χ1v) is 9.55. The SMILES string of the molecule is COc1cc([C@@H]2Nc3c(ccc(Cl)c3Cl)[C@@H]3C=CC[C@H]32)cc(OC)c1OC. The molecule has 4 rings (SSSR count). The van der Waals surface area contributed by atoms with Gasteiger partial charge in [-0.2, -0.15) is 0 Å². The van der Waals surface area contributed by atoms with Crippen molar-refractivity contribution in [2.24, 2.45) is 5.92 Å². The van der Waals surface area contributed by atoms with Crippen molar-refractivity contribution >= 4 is 28.9 Å². The number of allylic oxidation sites excluding steroid dienone is 2. The van der Waals surface area contributed by atoms with E-state index in [1.165, 1.54) is 5.56 Å². The maximum atomic E-state index is 6.53. The Bertz CT molecular complexity index is 888. The number of halogens is 2. The van der Waals surface area contributed by atoms with Gasteiger partial charge in [0.15, 0.2) is 11.5 Å². The minimum Gasteiger partial charge on any atom is -0.493 e. The van der Waals surface area contributed by atoms with E-state index in [0.29, 0.717) is 39.1 Å². The van der Waals surface area contributed by atoms with Crippen LogP contribution in [0.1, 0.15) is 29.5 Å². The van der Waals surface area contributed by atoms with Gasteiger partial charge in [0.2, 0.25) is 5.75 Å². The summed E-state index contributed by atoms with van der Waals surface area (Å²) in [5.41, 5.74) is 3.15. The number of hydrogen-bond acceptors (Lipinski definition) is 4. The van der Waals surface area contributed by atoms with Gasteiger partial charge in [0, 0.05) is 5.92 Å². The Balaban J connectivity index is 1.84. The highest BCUT2D eigenvalue weighted by Gasteiger charge is 2.39. The van der Waals surface area contributed by atoms with Gasteiger partial charge in [-0.15, -0.1) is 0 Å². The number of anilines is 1. The number of hydrogen-bond donors (Lipinski definition) is 1. The van der Waals surface area contributed by atoms with E-state index in [2.05, 4.69) is 23.5 Å². The second-order valence-corrected chi connectivity index (χ2v) is 7.54. The highest BCUT2D eigenvalue weighted by molar-refractivity contribution is 6.43. The van der Waals surface area contributed by atoms with Crippen molar-refractivity contribution in [3.63, 3.8) is 0 Å². The molecule has 0 aromatic heterocycles. The third-order valence-corrected chi connectivity index (χ3v) is 6.28. The lowest BCUT2D eigenvalue weighted by molar-refractivity contribution is 0.322. The van der Waals surface area contributed by atoms with Gasteiger partial charge >= 0.3 is 0 Å². The van der Waals surface area contributed by atoms with Crippen LogP contribution in [0.2, 0.25) is 10.0 Å². The van der Waals surface area contributed by atoms with E-state index in [9.17, 15) is 0 Å². The van der Waals surface area contributed by atoms with Crippen molar-refractivity contribution in [3.8, 4) is 17.2 Å². The predicted octanol–water partition coefficient (Wildman–Crippen LogP) is 5.85. The molecule has 6 heteroatoms. The standard InChI is InChI=1S/C21H21Cl2NO3/c1-25-16-9-11(10-17(26-2)21(16)27-3)19-13-6-4-5-12(13)14-7-8-15(22)18(23)20(14)24-19/h4-5,7-10,12-13,19,24H,6H2,1-3H3/t12-,13-,19+/m1/s1. The Kier molecular flexibility index (Phi) is 4.87. The largest absolute Gasteiger partial charge is 0.493 e. The molecule has 0 radical (unpaired) electrons. The van der Waals surface area contributed by atoms with Crippen molar-refractivity contribution in [2.45, 2.75) is 18.4 Å². The van der Waals surface area contributed by atoms with Crippen LogP contribution in [-0.2, 0) is 0 Å². The average Bonchev–Trinajstić information content (AvgIpc) is 3.18. The van der Waals surface area contributed by atoms with E-state index in [-0.39, 0.29) is 6.04 Å². The highest BCUT2D eigenvalue weighted by Crippen LogP contribution is 2.53. The molecule has 0 amide bonds. The van der Waals surface area contributed by atoms with Gasteiger partial charge in [0.1, 0.15) is 0 Å². The molecule has 1 aliphatic carbocycles. The van der Waals surface area contributed by atoms with E-state index in [1.807, 2.05) is 18.2 Å². The molecular formula is C21H21Cl2NO3. The molecule has 0 saturated carbocycles. The molecule has 0 bridgehead atoms. The Hall–Kier alpha value is -2.04. The van der Waals surface area contributed by atoms with Gasteiger partial charge in [-0.3, -0.25) is 0 Å². The first kappa shape index (κ1) is 18.3. The Morgan fingerprint density at radius 1 is 1.00 bits per heavy atom. The van der Waals surface area contributed by atoms with Crippen molar-refractivity contribution in [3.05, 3.63) is 57.6 Å². The first-order chi connectivity index (χ1) is 13.1. The summed E-state index contributed by atoms with van der Waals surface area (Å²) in [5, 5.41) is 4.73. The summed E-state index contributed by atoms with van der Waals surface area (Å²) in [6.07, 6.45) is 5.48. The maximum absolute atomic E-state index is 6.53.